The molecule has 2 rings (SSSR count). The Morgan fingerprint density at radius 1 is 0.920 bits per heavy atom. The van der Waals surface area contributed by atoms with Crippen LogP contribution < -0.4 is 15.5 Å². The van der Waals surface area contributed by atoms with E-state index in [1.807, 2.05) is 25.1 Å². The van der Waals surface area contributed by atoms with Crippen molar-refractivity contribution in [3.05, 3.63) is 52.5 Å². The molecule has 0 heterocycles. The highest BCUT2D eigenvalue weighted by Gasteiger charge is 2.14. The summed E-state index contributed by atoms with van der Waals surface area (Å²) in [5.74, 6) is -1.40. The molecule has 0 saturated heterocycles. The van der Waals surface area contributed by atoms with Crippen LogP contribution in [0.15, 0.2) is 46.9 Å². The molecule has 5 nitrogen and oxygen atoms in total. The van der Waals surface area contributed by atoms with Gasteiger partial charge in [-0.1, -0.05) is 15.9 Å². The number of nitrogens with one attached hydrogen (secondary N) is 2. The molecular formula is C19H22BrN3O2. The van der Waals surface area contributed by atoms with E-state index in [1.165, 1.54) is 0 Å². The standard InChI is InChI=1S/C19H22BrN3O2/c1-4-23(5-2)16-9-6-14(7-10-16)21-18(24)19(25)22-15-8-11-17(20)13(3)12-15/h6-12H,4-5H2,1-3H3,(H,21,24)(H,22,25). The van der Waals surface area contributed by atoms with Crippen LogP contribution in [0.4, 0.5) is 17.1 Å². The van der Waals surface area contributed by atoms with Gasteiger partial charge in [0.25, 0.3) is 0 Å². The van der Waals surface area contributed by atoms with Crippen LogP contribution in [0, 0.1) is 6.92 Å². The minimum absolute atomic E-state index is 0.581. The van der Waals surface area contributed by atoms with Crippen molar-refractivity contribution in [3.8, 4) is 0 Å². The zero-order valence-corrected chi connectivity index (χ0v) is 16.2. The van der Waals surface area contributed by atoms with Gasteiger partial charge in [0.05, 0.1) is 0 Å². The topological polar surface area (TPSA) is 61.4 Å². The summed E-state index contributed by atoms with van der Waals surface area (Å²) < 4.78 is 0.947. The number of benzene rings is 2. The summed E-state index contributed by atoms with van der Waals surface area (Å²) in [5.41, 5.74) is 3.23. The van der Waals surface area contributed by atoms with Gasteiger partial charge in [0, 0.05) is 34.6 Å². The molecule has 0 spiro atoms. The number of halogens is 1. The Morgan fingerprint density at radius 3 is 1.96 bits per heavy atom. The van der Waals surface area contributed by atoms with Gasteiger partial charge in [0.2, 0.25) is 0 Å². The van der Waals surface area contributed by atoms with Gasteiger partial charge in [-0.25, -0.2) is 0 Å². The summed E-state index contributed by atoms with van der Waals surface area (Å²) in [6, 6.07) is 12.8. The third-order valence-corrected chi connectivity index (χ3v) is 4.77. The van der Waals surface area contributed by atoms with E-state index >= 15 is 0 Å². The van der Waals surface area contributed by atoms with E-state index in [4.69, 9.17) is 0 Å². The molecule has 0 unspecified atom stereocenters. The van der Waals surface area contributed by atoms with E-state index in [0.717, 1.165) is 28.8 Å². The number of hydrogen-bond acceptors (Lipinski definition) is 3. The summed E-state index contributed by atoms with van der Waals surface area (Å²) in [5, 5.41) is 5.21. The van der Waals surface area contributed by atoms with E-state index in [-0.39, 0.29) is 0 Å². The van der Waals surface area contributed by atoms with E-state index in [0.29, 0.717) is 11.4 Å². The molecule has 6 heteroatoms. The Morgan fingerprint density at radius 2 is 1.44 bits per heavy atom. The van der Waals surface area contributed by atoms with Crippen LogP contribution in [0.1, 0.15) is 19.4 Å². The second kappa shape index (κ2) is 8.67. The first-order valence-corrected chi connectivity index (χ1v) is 8.97. The maximum absolute atomic E-state index is 12.1. The monoisotopic (exact) mass is 403 g/mol. The lowest BCUT2D eigenvalue weighted by atomic mass is 10.2. The molecule has 25 heavy (non-hydrogen) atoms. The molecule has 2 aromatic rings. The quantitative estimate of drug-likeness (QED) is 0.735. The second-order valence-electron chi connectivity index (χ2n) is 5.59. The SMILES string of the molecule is CCN(CC)c1ccc(NC(=O)C(=O)Nc2ccc(Br)c(C)c2)cc1. The number of aryl methyl sites for hydroxylation is 1. The van der Waals surface area contributed by atoms with Crippen LogP contribution in [0.5, 0.6) is 0 Å². The average molecular weight is 404 g/mol. The van der Waals surface area contributed by atoms with Gasteiger partial charge in [0.1, 0.15) is 0 Å². The molecule has 0 radical (unpaired) electrons. The molecule has 0 atom stereocenters. The smallest absolute Gasteiger partial charge is 0.314 e. The van der Waals surface area contributed by atoms with Crippen molar-refractivity contribution in [3.63, 3.8) is 0 Å². The Kier molecular flexibility index (Phi) is 6.58. The van der Waals surface area contributed by atoms with E-state index < -0.39 is 11.8 Å². The number of hydrogen-bond donors (Lipinski definition) is 2. The fraction of sp³-hybridized carbons (Fsp3) is 0.263. The zero-order chi connectivity index (χ0) is 18.4. The first-order valence-electron chi connectivity index (χ1n) is 8.18. The molecule has 2 N–H and O–H groups in total. The number of amides is 2. The summed E-state index contributed by atoms with van der Waals surface area (Å²) in [4.78, 5) is 26.3. The molecule has 0 aliphatic heterocycles. The Hall–Kier alpha value is -2.34. The summed E-state index contributed by atoms with van der Waals surface area (Å²) in [6.45, 7) is 7.92. The van der Waals surface area contributed by atoms with Crippen molar-refractivity contribution in [1.29, 1.82) is 0 Å². The van der Waals surface area contributed by atoms with E-state index in [9.17, 15) is 9.59 Å². The fourth-order valence-corrected chi connectivity index (χ4v) is 2.69. The van der Waals surface area contributed by atoms with Gasteiger partial charge < -0.3 is 15.5 Å². The van der Waals surface area contributed by atoms with Gasteiger partial charge in [0.15, 0.2) is 0 Å². The highest BCUT2D eigenvalue weighted by atomic mass is 79.9. The Labute approximate surface area is 156 Å². The molecule has 0 bridgehead atoms. The number of carbonyl (C=O) groups excluding carboxylic acids is 2. The fourth-order valence-electron chi connectivity index (χ4n) is 2.44. The third kappa shape index (κ3) is 5.06. The van der Waals surface area contributed by atoms with Crippen molar-refractivity contribution in [2.75, 3.05) is 28.6 Å². The Bertz CT molecular complexity index is 756. The van der Waals surface area contributed by atoms with Crippen LogP contribution in [-0.2, 0) is 9.59 Å². The molecule has 0 aliphatic carbocycles. The first-order chi connectivity index (χ1) is 11.9. The minimum atomic E-state index is -0.699. The highest BCUT2D eigenvalue weighted by molar-refractivity contribution is 9.10. The summed E-state index contributed by atoms with van der Waals surface area (Å²) in [7, 11) is 0. The predicted octanol–water partition coefficient (Wildman–Crippen LogP) is 4.18. The maximum atomic E-state index is 12.1. The molecule has 132 valence electrons. The van der Waals surface area contributed by atoms with Crippen LogP contribution >= 0.6 is 15.9 Å². The first kappa shape index (κ1) is 19.0. The van der Waals surface area contributed by atoms with Crippen molar-refractivity contribution in [1.82, 2.24) is 0 Å². The molecule has 0 fully saturated rings. The van der Waals surface area contributed by atoms with Crippen LogP contribution in [0.3, 0.4) is 0 Å². The van der Waals surface area contributed by atoms with Crippen molar-refractivity contribution in [2.24, 2.45) is 0 Å². The lowest BCUT2D eigenvalue weighted by Gasteiger charge is -2.21. The lowest BCUT2D eigenvalue weighted by molar-refractivity contribution is -0.132. The molecular weight excluding hydrogens is 382 g/mol. The van der Waals surface area contributed by atoms with Crippen LogP contribution in [0.2, 0.25) is 0 Å². The van der Waals surface area contributed by atoms with Gasteiger partial charge >= 0.3 is 11.8 Å². The molecule has 2 amide bonds. The van der Waals surface area contributed by atoms with E-state index in [2.05, 4.69) is 45.3 Å². The predicted molar refractivity (Wildman–Crippen MR) is 106 cm³/mol. The average Bonchev–Trinajstić information content (AvgIpc) is 2.60. The maximum Gasteiger partial charge on any atom is 0.314 e. The third-order valence-electron chi connectivity index (χ3n) is 3.88. The second-order valence-corrected chi connectivity index (χ2v) is 6.45. The molecule has 0 aromatic heterocycles. The van der Waals surface area contributed by atoms with Crippen LogP contribution in [-0.4, -0.2) is 24.9 Å². The molecule has 2 aromatic carbocycles. The normalized spacial score (nSPS) is 10.2. The van der Waals surface area contributed by atoms with Crippen LogP contribution in [0.25, 0.3) is 0 Å². The van der Waals surface area contributed by atoms with Gasteiger partial charge in [-0.2, -0.15) is 0 Å². The summed E-state index contributed by atoms with van der Waals surface area (Å²) in [6.07, 6.45) is 0. The van der Waals surface area contributed by atoms with Crippen molar-refractivity contribution >= 4 is 44.8 Å². The Balaban J connectivity index is 1.98. The molecule has 0 saturated carbocycles. The number of carbonyl (C=O) groups is 2. The van der Waals surface area contributed by atoms with Crippen molar-refractivity contribution in [2.45, 2.75) is 20.8 Å². The lowest BCUT2D eigenvalue weighted by Crippen LogP contribution is -2.29. The number of nitrogens with zero attached hydrogens (tertiary/aromatic N) is 1. The highest BCUT2D eigenvalue weighted by Crippen LogP contribution is 2.20. The van der Waals surface area contributed by atoms with Gasteiger partial charge in [-0.05, 0) is 68.8 Å². The minimum Gasteiger partial charge on any atom is -0.372 e. The van der Waals surface area contributed by atoms with E-state index in [1.54, 1.807) is 24.3 Å². The number of rotatable bonds is 5. The van der Waals surface area contributed by atoms with Gasteiger partial charge in [-0.3, -0.25) is 9.59 Å². The number of anilines is 3. The zero-order valence-electron chi connectivity index (χ0n) is 14.6. The summed E-state index contributed by atoms with van der Waals surface area (Å²) >= 11 is 3.40. The largest absolute Gasteiger partial charge is 0.372 e. The van der Waals surface area contributed by atoms with Gasteiger partial charge in [-0.15, -0.1) is 0 Å². The van der Waals surface area contributed by atoms with Crippen molar-refractivity contribution < 1.29 is 9.59 Å². The molecule has 0 aliphatic rings.